The van der Waals surface area contributed by atoms with Gasteiger partial charge in [0, 0.05) is 23.1 Å². The lowest BCUT2D eigenvalue weighted by Crippen LogP contribution is -2.14. The van der Waals surface area contributed by atoms with E-state index in [1.54, 1.807) is 0 Å². The normalized spacial score (nSPS) is 17.8. The number of hydrogen-bond donors (Lipinski definition) is 2. The predicted octanol–water partition coefficient (Wildman–Crippen LogP) is 2.53. The highest BCUT2D eigenvalue weighted by atomic mass is 32.1. The van der Waals surface area contributed by atoms with Gasteiger partial charge in [-0.25, -0.2) is 0 Å². The maximum Gasteiger partial charge on any atom is 0.224 e. The highest BCUT2D eigenvalue weighted by molar-refractivity contribution is 7.03. The Hall–Kier alpha value is -1.79. The van der Waals surface area contributed by atoms with E-state index in [4.69, 9.17) is 0 Å². The van der Waals surface area contributed by atoms with Gasteiger partial charge >= 0.3 is 0 Å². The lowest BCUT2D eigenvalue weighted by Gasteiger charge is -2.09. The van der Waals surface area contributed by atoms with Crippen LogP contribution in [0, 0.1) is 5.92 Å². The summed E-state index contributed by atoms with van der Waals surface area (Å²) in [5.41, 5.74) is 2.71. The van der Waals surface area contributed by atoms with E-state index in [-0.39, 0.29) is 5.91 Å². The number of benzene rings is 1. The van der Waals surface area contributed by atoms with E-state index >= 15 is 0 Å². The molecule has 0 aliphatic carbocycles. The first kappa shape index (κ1) is 14.2. The van der Waals surface area contributed by atoms with Gasteiger partial charge in [-0.05, 0) is 55.5 Å². The fourth-order valence-corrected chi connectivity index (χ4v) is 3.00. The molecule has 1 aliphatic heterocycles. The Bertz CT molecular complexity index is 576. The van der Waals surface area contributed by atoms with Crippen molar-refractivity contribution in [3.8, 4) is 11.3 Å². The van der Waals surface area contributed by atoms with Gasteiger partial charge < -0.3 is 10.6 Å². The van der Waals surface area contributed by atoms with Crippen LogP contribution in [0.4, 0.5) is 5.69 Å². The third-order valence-electron chi connectivity index (χ3n) is 3.77. The molecule has 21 heavy (non-hydrogen) atoms. The SMILES string of the molecule is O=C(CCC1CCNC1)Nc1ccc(-c2csnn2)cc1. The molecule has 5 nitrogen and oxygen atoms in total. The molecule has 1 aromatic heterocycles. The molecule has 3 rings (SSSR count). The summed E-state index contributed by atoms with van der Waals surface area (Å²) in [6.07, 6.45) is 2.73. The van der Waals surface area contributed by atoms with Crippen molar-refractivity contribution >= 4 is 23.1 Å². The van der Waals surface area contributed by atoms with Crippen LogP contribution >= 0.6 is 11.5 Å². The smallest absolute Gasteiger partial charge is 0.224 e. The maximum absolute atomic E-state index is 11.9. The predicted molar refractivity (Wildman–Crippen MR) is 84.2 cm³/mol. The summed E-state index contributed by atoms with van der Waals surface area (Å²) in [5.74, 6) is 0.736. The molecule has 1 fully saturated rings. The van der Waals surface area contributed by atoms with Crippen molar-refractivity contribution < 1.29 is 4.79 Å². The van der Waals surface area contributed by atoms with Gasteiger partial charge in [0.15, 0.2) is 0 Å². The molecule has 1 atom stereocenters. The fraction of sp³-hybridized carbons (Fsp3) is 0.400. The summed E-state index contributed by atoms with van der Waals surface area (Å²) in [6.45, 7) is 2.13. The first-order chi connectivity index (χ1) is 10.3. The number of nitrogens with zero attached hydrogens (tertiary/aromatic N) is 2. The van der Waals surface area contributed by atoms with Crippen molar-refractivity contribution in [1.29, 1.82) is 0 Å². The minimum absolute atomic E-state index is 0.0879. The minimum atomic E-state index is 0.0879. The zero-order valence-electron chi connectivity index (χ0n) is 11.7. The molecule has 0 bridgehead atoms. The molecule has 2 N–H and O–H groups in total. The number of anilines is 1. The number of carbonyl (C=O) groups excluding carboxylic acids is 1. The number of carbonyl (C=O) groups is 1. The maximum atomic E-state index is 11.9. The van der Waals surface area contributed by atoms with Crippen molar-refractivity contribution in [2.75, 3.05) is 18.4 Å². The van der Waals surface area contributed by atoms with Gasteiger partial charge in [-0.3, -0.25) is 4.79 Å². The molecule has 0 spiro atoms. The monoisotopic (exact) mass is 302 g/mol. The Morgan fingerprint density at radius 2 is 2.24 bits per heavy atom. The Morgan fingerprint density at radius 3 is 2.90 bits per heavy atom. The van der Waals surface area contributed by atoms with Gasteiger partial charge in [-0.15, -0.1) is 5.10 Å². The molecular formula is C15H18N4OS. The number of amides is 1. The molecule has 6 heteroatoms. The Kier molecular flexibility index (Phi) is 4.57. The molecule has 2 aromatic rings. The first-order valence-electron chi connectivity index (χ1n) is 7.19. The largest absolute Gasteiger partial charge is 0.326 e. The highest BCUT2D eigenvalue weighted by Gasteiger charge is 2.15. The molecular weight excluding hydrogens is 284 g/mol. The number of hydrogen-bond acceptors (Lipinski definition) is 5. The van der Waals surface area contributed by atoms with E-state index in [1.165, 1.54) is 18.0 Å². The van der Waals surface area contributed by atoms with Gasteiger partial charge in [0.05, 0.1) is 0 Å². The molecule has 1 aromatic carbocycles. The van der Waals surface area contributed by atoms with Crippen molar-refractivity contribution in [2.45, 2.75) is 19.3 Å². The highest BCUT2D eigenvalue weighted by Crippen LogP contribution is 2.20. The van der Waals surface area contributed by atoms with E-state index in [9.17, 15) is 4.79 Å². The van der Waals surface area contributed by atoms with E-state index in [0.717, 1.165) is 36.5 Å². The quantitative estimate of drug-likeness (QED) is 0.890. The van der Waals surface area contributed by atoms with Gasteiger partial charge in [0.1, 0.15) is 5.69 Å². The first-order valence-corrected chi connectivity index (χ1v) is 8.03. The van der Waals surface area contributed by atoms with Crippen molar-refractivity contribution in [2.24, 2.45) is 5.92 Å². The molecule has 1 saturated heterocycles. The van der Waals surface area contributed by atoms with Gasteiger partial charge in [-0.2, -0.15) is 0 Å². The van der Waals surface area contributed by atoms with Crippen LogP contribution in [0.1, 0.15) is 19.3 Å². The van der Waals surface area contributed by atoms with Gasteiger partial charge in [0.25, 0.3) is 0 Å². The van der Waals surface area contributed by atoms with Crippen LogP contribution in [0.5, 0.6) is 0 Å². The number of rotatable bonds is 5. The summed E-state index contributed by atoms with van der Waals surface area (Å²) in [7, 11) is 0. The van der Waals surface area contributed by atoms with E-state index in [0.29, 0.717) is 12.3 Å². The molecule has 1 amide bonds. The Morgan fingerprint density at radius 1 is 1.38 bits per heavy atom. The van der Waals surface area contributed by atoms with E-state index in [1.807, 2.05) is 29.6 Å². The molecule has 0 saturated carbocycles. The third kappa shape index (κ3) is 3.86. The minimum Gasteiger partial charge on any atom is -0.326 e. The summed E-state index contributed by atoms with van der Waals surface area (Å²) in [6, 6.07) is 7.72. The van der Waals surface area contributed by atoms with Gasteiger partial charge in [0.2, 0.25) is 5.91 Å². The number of aromatic nitrogens is 2. The Labute approximate surface area is 127 Å². The van der Waals surface area contributed by atoms with Crippen LogP contribution in [-0.2, 0) is 4.79 Å². The third-order valence-corrected chi connectivity index (χ3v) is 4.27. The lowest BCUT2D eigenvalue weighted by molar-refractivity contribution is -0.116. The van der Waals surface area contributed by atoms with Crippen molar-refractivity contribution in [3.05, 3.63) is 29.6 Å². The summed E-state index contributed by atoms with van der Waals surface area (Å²) >= 11 is 1.33. The molecule has 0 radical (unpaired) electrons. The van der Waals surface area contributed by atoms with Crippen LogP contribution in [0.3, 0.4) is 0 Å². The zero-order valence-corrected chi connectivity index (χ0v) is 12.5. The Balaban J connectivity index is 1.51. The van der Waals surface area contributed by atoms with Gasteiger partial charge in [-0.1, -0.05) is 16.6 Å². The van der Waals surface area contributed by atoms with Crippen LogP contribution < -0.4 is 10.6 Å². The van der Waals surface area contributed by atoms with Crippen LogP contribution in [0.2, 0.25) is 0 Å². The second-order valence-electron chi connectivity index (χ2n) is 5.31. The van der Waals surface area contributed by atoms with E-state index < -0.39 is 0 Å². The van der Waals surface area contributed by atoms with Crippen molar-refractivity contribution in [1.82, 2.24) is 14.9 Å². The van der Waals surface area contributed by atoms with Crippen molar-refractivity contribution in [3.63, 3.8) is 0 Å². The lowest BCUT2D eigenvalue weighted by atomic mass is 10.0. The average molecular weight is 302 g/mol. The second-order valence-corrected chi connectivity index (χ2v) is 5.92. The number of nitrogens with one attached hydrogen (secondary N) is 2. The average Bonchev–Trinajstić information content (AvgIpc) is 3.19. The fourth-order valence-electron chi connectivity index (χ4n) is 2.53. The molecule has 110 valence electrons. The van der Waals surface area contributed by atoms with Crippen LogP contribution in [0.25, 0.3) is 11.3 Å². The summed E-state index contributed by atoms with van der Waals surface area (Å²) in [4.78, 5) is 11.9. The molecule has 1 unspecified atom stereocenters. The summed E-state index contributed by atoms with van der Waals surface area (Å²) in [5, 5.41) is 12.2. The second kappa shape index (κ2) is 6.78. The van der Waals surface area contributed by atoms with Crippen LogP contribution in [-0.4, -0.2) is 28.6 Å². The zero-order chi connectivity index (χ0) is 14.5. The summed E-state index contributed by atoms with van der Waals surface area (Å²) < 4.78 is 3.85. The van der Waals surface area contributed by atoms with Crippen LogP contribution in [0.15, 0.2) is 29.6 Å². The topological polar surface area (TPSA) is 66.9 Å². The molecule has 1 aliphatic rings. The van der Waals surface area contributed by atoms with E-state index in [2.05, 4.69) is 20.2 Å². The standard InChI is InChI=1S/C15H18N4OS/c20-15(6-1-11-7-8-16-9-11)17-13-4-2-12(3-5-13)14-10-21-19-18-14/h2-5,10-11,16H,1,6-9H2,(H,17,20). The molecule has 2 heterocycles.